The predicted octanol–water partition coefficient (Wildman–Crippen LogP) is 3.22. The lowest BCUT2D eigenvalue weighted by molar-refractivity contribution is 0.0730. The number of ether oxygens (including phenoxy) is 2. The van der Waals surface area contributed by atoms with Gasteiger partial charge in [0.2, 0.25) is 15.8 Å². The van der Waals surface area contributed by atoms with E-state index in [1.54, 1.807) is 4.68 Å². The molecular weight excluding hydrogens is 494 g/mol. The van der Waals surface area contributed by atoms with E-state index >= 15 is 0 Å². The average Bonchev–Trinajstić information content (AvgIpc) is 3.40. The Morgan fingerprint density at radius 3 is 2.32 bits per heavy atom. The number of morpholine rings is 1. The average molecular weight is 520 g/mol. The van der Waals surface area contributed by atoms with Crippen molar-refractivity contribution in [3.8, 4) is 22.8 Å². The zero-order valence-corrected chi connectivity index (χ0v) is 20.9. The van der Waals surface area contributed by atoms with Crippen molar-refractivity contribution < 1.29 is 22.7 Å². The number of para-hydroxylation sites is 1. The van der Waals surface area contributed by atoms with Gasteiger partial charge in [-0.3, -0.25) is 4.79 Å². The number of carbonyl (C=O) groups excluding carboxylic acids is 1. The minimum absolute atomic E-state index is 0.0400. The summed E-state index contributed by atoms with van der Waals surface area (Å²) in [6, 6.07) is 23.1. The van der Waals surface area contributed by atoms with Crippen LogP contribution in [0.1, 0.15) is 10.6 Å². The standard InChI is InChI=1S/C26H25N5O5S/c1-35-23-13-12-21(37(33,34)30-14-16-36-17-15-30)18-22(23)27-26(32)24-28-25(19-8-4-2-5-9-19)31(29-24)20-10-6-3-7-11-20/h2-13,18H,14-17H2,1H3,(H,27,32). The van der Waals surface area contributed by atoms with Crippen LogP contribution in [-0.4, -0.2) is 66.8 Å². The maximum absolute atomic E-state index is 13.3. The van der Waals surface area contributed by atoms with Crippen molar-refractivity contribution in [2.75, 3.05) is 38.7 Å². The fourth-order valence-electron chi connectivity index (χ4n) is 3.99. The first-order chi connectivity index (χ1) is 18.0. The molecule has 1 amide bonds. The second-order valence-electron chi connectivity index (χ2n) is 8.21. The SMILES string of the molecule is COc1ccc(S(=O)(=O)N2CCOCC2)cc1NC(=O)c1nc(-c2ccccc2)n(-c2ccccc2)n1. The number of sulfonamides is 1. The Kier molecular flexibility index (Phi) is 6.99. The van der Waals surface area contributed by atoms with Crippen molar-refractivity contribution in [3.63, 3.8) is 0 Å². The molecule has 190 valence electrons. The highest BCUT2D eigenvalue weighted by molar-refractivity contribution is 7.89. The Labute approximate surface area is 214 Å². The summed E-state index contributed by atoms with van der Waals surface area (Å²) in [6.07, 6.45) is 0. The van der Waals surface area contributed by atoms with Crippen LogP contribution in [0.4, 0.5) is 5.69 Å². The molecule has 10 nitrogen and oxygen atoms in total. The van der Waals surface area contributed by atoms with Crippen molar-refractivity contribution >= 4 is 21.6 Å². The molecule has 1 fully saturated rings. The molecule has 1 aliphatic heterocycles. The molecule has 1 aromatic heterocycles. The number of aromatic nitrogens is 3. The summed E-state index contributed by atoms with van der Waals surface area (Å²) in [5.41, 5.74) is 1.72. The second-order valence-corrected chi connectivity index (χ2v) is 10.1. The summed E-state index contributed by atoms with van der Waals surface area (Å²) < 4.78 is 39.9. The lowest BCUT2D eigenvalue weighted by Crippen LogP contribution is -2.40. The van der Waals surface area contributed by atoms with Gasteiger partial charge in [0.25, 0.3) is 5.91 Å². The smallest absolute Gasteiger partial charge is 0.295 e. The monoisotopic (exact) mass is 519 g/mol. The molecule has 11 heteroatoms. The molecule has 1 saturated heterocycles. The number of amides is 1. The van der Waals surface area contributed by atoms with Gasteiger partial charge in [0.05, 0.1) is 36.6 Å². The number of anilines is 1. The Hall–Kier alpha value is -4.06. The number of hydrogen-bond donors (Lipinski definition) is 1. The lowest BCUT2D eigenvalue weighted by Gasteiger charge is -2.26. The molecular formula is C26H25N5O5S. The van der Waals surface area contributed by atoms with Crippen molar-refractivity contribution in [1.82, 2.24) is 19.1 Å². The summed E-state index contributed by atoms with van der Waals surface area (Å²) in [7, 11) is -2.33. The minimum atomic E-state index is -3.77. The summed E-state index contributed by atoms with van der Waals surface area (Å²) in [4.78, 5) is 17.8. The van der Waals surface area contributed by atoms with Gasteiger partial charge < -0.3 is 14.8 Å². The third-order valence-electron chi connectivity index (χ3n) is 5.87. The number of nitrogens with zero attached hydrogens (tertiary/aromatic N) is 4. The van der Waals surface area contributed by atoms with E-state index in [9.17, 15) is 13.2 Å². The van der Waals surface area contributed by atoms with Crippen LogP contribution in [-0.2, 0) is 14.8 Å². The van der Waals surface area contributed by atoms with Gasteiger partial charge >= 0.3 is 0 Å². The number of benzene rings is 3. The summed E-state index contributed by atoms with van der Waals surface area (Å²) in [5.74, 6) is 0.116. The van der Waals surface area contributed by atoms with Crippen LogP contribution in [0.25, 0.3) is 17.1 Å². The fourth-order valence-corrected chi connectivity index (χ4v) is 5.43. The van der Waals surface area contributed by atoms with E-state index in [-0.39, 0.29) is 29.5 Å². The maximum atomic E-state index is 13.3. The lowest BCUT2D eigenvalue weighted by atomic mass is 10.2. The molecule has 0 spiro atoms. The zero-order chi connectivity index (χ0) is 25.8. The van der Waals surface area contributed by atoms with Crippen molar-refractivity contribution in [2.24, 2.45) is 0 Å². The van der Waals surface area contributed by atoms with Crippen LogP contribution in [0, 0.1) is 0 Å². The van der Waals surface area contributed by atoms with E-state index in [1.165, 1.54) is 29.6 Å². The molecule has 0 unspecified atom stereocenters. The molecule has 37 heavy (non-hydrogen) atoms. The van der Waals surface area contributed by atoms with Crippen LogP contribution >= 0.6 is 0 Å². The fraction of sp³-hybridized carbons (Fsp3) is 0.192. The van der Waals surface area contributed by atoms with Crippen molar-refractivity contribution in [3.05, 3.63) is 84.7 Å². The van der Waals surface area contributed by atoms with Gasteiger partial charge in [0, 0.05) is 18.7 Å². The predicted molar refractivity (Wildman–Crippen MR) is 137 cm³/mol. The van der Waals surface area contributed by atoms with E-state index in [0.29, 0.717) is 24.8 Å². The Balaban J connectivity index is 1.49. The summed E-state index contributed by atoms with van der Waals surface area (Å²) in [6.45, 7) is 1.19. The molecule has 0 atom stereocenters. The van der Waals surface area contributed by atoms with Crippen LogP contribution < -0.4 is 10.1 Å². The highest BCUT2D eigenvalue weighted by Crippen LogP contribution is 2.30. The molecule has 0 aliphatic carbocycles. The first-order valence-electron chi connectivity index (χ1n) is 11.6. The molecule has 4 aromatic rings. The molecule has 3 aromatic carbocycles. The molecule has 0 bridgehead atoms. The Morgan fingerprint density at radius 1 is 0.973 bits per heavy atom. The van der Waals surface area contributed by atoms with Crippen molar-refractivity contribution in [2.45, 2.75) is 4.90 Å². The second kappa shape index (κ2) is 10.5. The van der Waals surface area contributed by atoms with E-state index in [0.717, 1.165) is 11.3 Å². The molecule has 1 N–H and O–H groups in total. The van der Waals surface area contributed by atoms with Gasteiger partial charge in [-0.05, 0) is 30.3 Å². The van der Waals surface area contributed by atoms with Gasteiger partial charge in [-0.15, -0.1) is 5.10 Å². The first-order valence-corrected chi connectivity index (χ1v) is 13.1. The highest BCUT2D eigenvalue weighted by Gasteiger charge is 2.28. The molecule has 0 saturated carbocycles. The molecule has 0 radical (unpaired) electrons. The third kappa shape index (κ3) is 5.10. The summed E-state index contributed by atoms with van der Waals surface area (Å²) in [5, 5.41) is 7.19. The maximum Gasteiger partial charge on any atom is 0.295 e. The van der Waals surface area contributed by atoms with Gasteiger partial charge in [0.1, 0.15) is 5.75 Å². The van der Waals surface area contributed by atoms with Gasteiger partial charge in [-0.2, -0.15) is 4.31 Å². The van der Waals surface area contributed by atoms with E-state index < -0.39 is 15.9 Å². The van der Waals surface area contributed by atoms with E-state index in [2.05, 4.69) is 15.4 Å². The normalized spacial score (nSPS) is 14.3. The highest BCUT2D eigenvalue weighted by atomic mass is 32.2. The zero-order valence-electron chi connectivity index (χ0n) is 20.1. The first kappa shape index (κ1) is 24.6. The third-order valence-corrected chi connectivity index (χ3v) is 7.76. The molecule has 5 rings (SSSR count). The van der Waals surface area contributed by atoms with Crippen LogP contribution in [0.3, 0.4) is 0 Å². The topological polar surface area (TPSA) is 116 Å². The van der Waals surface area contributed by atoms with Crippen LogP contribution in [0.5, 0.6) is 5.75 Å². The van der Waals surface area contributed by atoms with Crippen LogP contribution in [0.15, 0.2) is 83.8 Å². The summed E-state index contributed by atoms with van der Waals surface area (Å²) >= 11 is 0. The quantitative estimate of drug-likeness (QED) is 0.399. The van der Waals surface area contributed by atoms with E-state index in [1.807, 2.05) is 60.7 Å². The number of methoxy groups -OCH3 is 1. The van der Waals surface area contributed by atoms with Crippen LogP contribution in [0.2, 0.25) is 0 Å². The number of rotatable bonds is 7. The van der Waals surface area contributed by atoms with Gasteiger partial charge in [-0.1, -0.05) is 48.5 Å². The number of carbonyl (C=O) groups is 1. The van der Waals surface area contributed by atoms with Gasteiger partial charge in [0.15, 0.2) is 5.82 Å². The Bertz CT molecular complexity index is 1440. The molecule has 1 aliphatic rings. The largest absolute Gasteiger partial charge is 0.495 e. The molecule has 2 heterocycles. The number of nitrogens with one attached hydrogen (secondary N) is 1. The minimum Gasteiger partial charge on any atom is -0.495 e. The number of hydrogen-bond acceptors (Lipinski definition) is 7. The van der Waals surface area contributed by atoms with Crippen molar-refractivity contribution in [1.29, 1.82) is 0 Å². The Morgan fingerprint density at radius 2 is 1.65 bits per heavy atom. The van der Waals surface area contributed by atoms with E-state index in [4.69, 9.17) is 9.47 Å². The van der Waals surface area contributed by atoms with Gasteiger partial charge in [-0.25, -0.2) is 18.1 Å².